The lowest BCUT2D eigenvalue weighted by Crippen LogP contribution is -2.30. The molecule has 1 aliphatic heterocycles. The van der Waals surface area contributed by atoms with E-state index < -0.39 is 29.4 Å². The number of carbonyl (C=O) groups is 3. The molecule has 0 bridgehead atoms. The highest BCUT2D eigenvalue weighted by atomic mass is 35.5. The number of hydrogen-bond acceptors (Lipinski definition) is 4. The Hall–Kier alpha value is -3.70. The number of para-hydroxylation sites is 2. The average molecular weight is 430 g/mol. The highest BCUT2D eigenvalue weighted by Crippen LogP contribution is 2.41. The first-order valence-electron chi connectivity index (χ1n) is 9.75. The smallest absolute Gasteiger partial charge is 0.295 e. The Balaban J connectivity index is 1.64. The summed E-state index contributed by atoms with van der Waals surface area (Å²) >= 11 is 6.04. The number of halogens is 1. The molecule has 0 radical (unpaired) electrons. The van der Waals surface area contributed by atoms with Crippen LogP contribution in [0.5, 0.6) is 0 Å². The van der Waals surface area contributed by atoms with Gasteiger partial charge >= 0.3 is 0 Å². The third kappa shape index (κ3) is 3.23. The van der Waals surface area contributed by atoms with Crippen LogP contribution in [0, 0.1) is 5.92 Å². The summed E-state index contributed by atoms with van der Waals surface area (Å²) in [4.78, 5) is 41.0. The van der Waals surface area contributed by atoms with Gasteiger partial charge in [-0.3, -0.25) is 19.3 Å². The molecule has 2 atom stereocenters. The molecule has 0 saturated carbocycles. The van der Waals surface area contributed by atoms with Crippen molar-refractivity contribution in [2.75, 3.05) is 4.90 Å². The number of amides is 1. The molecular weight excluding hydrogens is 414 g/mol. The monoisotopic (exact) mass is 429 g/mol. The van der Waals surface area contributed by atoms with Crippen molar-refractivity contribution < 1.29 is 18.8 Å². The molecular formula is C25H16ClNO4. The highest BCUT2D eigenvalue weighted by molar-refractivity contribution is 6.49. The third-order valence-electron chi connectivity index (χ3n) is 5.50. The van der Waals surface area contributed by atoms with Gasteiger partial charge in [0.25, 0.3) is 5.91 Å². The van der Waals surface area contributed by atoms with E-state index in [9.17, 15) is 14.4 Å². The minimum Gasteiger partial charge on any atom is -0.453 e. The average Bonchev–Trinajstić information content (AvgIpc) is 3.34. The number of rotatable bonds is 4. The molecule has 2 unspecified atom stereocenters. The lowest BCUT2D eigenvalue weighted by atomic mass is 9.88. The zero-order valence-corrected chi connectivity index (χ0v) is 17.0. The fourth-order valence-electron chi connectivity index (χ4n) is 4.06. The Bertz CT molecular complexity index is 1280. The second-order valence-electron chi connectivity index (χ2n) is 7.36. The molecule has 4 aromatic rings. The molecule has 2 heterocycles. The Morgan fingerprint density at radius 1 is 0.871 bits per heavy atom. The van der Waals surface area contributed by atoms with Crippen molar-refractivity contribution in [1.29, 1.82) is 0 Å². The van der Waals surface area contributed by atoms with Crippen molar-refractivity contribution in [3.05, 3.63) is 101 Å². The van der Waals surface area contributed by atoms with Crippen LogP contribution in [0.4, 0.5) is 5.69 Å². The van der Waals surface area contributed by atoms with Crippen LogP contribution in [0.2, 0.25) is 5.02 Å². The molecule has 0 spiro atoms. The zero-order valence-electron chi connectivity index (χ0n) is 16.2. The molecule has 5 rings (SSSR count). The molecule has 1 amide bonds. The second-order valence-corrected chi connectivity index (χ2v) is 7.80. The summed E-state index contributed by atoms with van der Waals surface area (Å²) in [7, 11) is 0. The molecule has 1 aromatic heterocycles. The first-order valence-corrected chi connectivity index (χ1v) is 10.1. The first kappa shape index (κ1) is 19.3. The van der Waals surface area contributed by atoms with Crippen LogP contribution in [0.25, 0.3) is 11.0 Å². The van der Waals surface area contributed by atoms with Gasteiger partial charge in [0, 0.05) is 16.1 Å². The number of hydrogen-bond donors (Lipinski definition) is 0. The lowest BCUT2D eigenvalue weighted by Gasteiger charge is -2.27. The number of Topliss-reactive ketones (excluding diaryl/α,β-unsaturated/α-hetero) is 2. The Labute approximate surface area is 182 Å². The maximum absolute atomic E-state index is 13.5. The van der Waals surface area contributed by atoms with Gasteiger partial charge in [-0.05, 0) is 42.0 Å². The van der Waals surface area contributed by atoms with Crippen LogP contribution >= 0.6 is 11.6 Å². The van der Waals surface area contributed by atoms with E-state index in [0.717, 1.165) is 5.39 Å². The largest absolute Gasteiger partial charge is 0.453 e. The Morgan fingerprint density at radius 2 is 1.55 bits per heavy atom. The van der Waals surface area contributed by atoms with Crippen LogP contribution in [0.15, 0.2) is 89.3 Å². The van der Waals surface area contributed by atoms with E-state index in [1.165, 1.54) is 4.90 Å². The molecule has 3 aromatic carbocycles. The quantitative estimate of drug-likeness (QED) is 0.252. The first-order chi connectivity index (χ1) is 15.0. The van der Waals surface area contributed by atoms with Gasteiger partial charge in [-0.2, -0.15) is 0 Å². The van der Waals surface area contributed by atoms with Crippen molar-refractivity contribution in [1.82, 2.24) is 0 Å². The number of benzene rings is 3. The van der Waals surface area contributed by atoms with Crippen molar-refractivity contribution in [3.8, 4) is 0 Å². The molecule has 1 fully saturated rings. The third-order valence-corrected chi connectivity index (χ3v) is 5.75. The van der Waals surface area contributed by atoms with Crippen LogP contribution in [0.3, 0.4) is 0 Å². The van der Waals surface area contributed by atoms with E-state index in [4.69, 9.17) is 16.0 Å². The summed E-state index contributed by atoms with van der Waals surface area (Å²) < 4.78 is 5.72. The highest BCUT2D eigenvalue weighted by Gasteiger charge is 2.53. The number of furan rings is 1. The van der Waals surface area contributed by atoms with E-state index in [1.54, 1.807) is 66.7 Å². The summed E-state index contributed by atoms with van der Waals surface area (Å²) in [6, 6.07) is 23.7. The van der Waals surface area contributed by atoms with Gasteiger partial charge in [0.2, 0.25) is 11.6 Å². The summed E-state index contributed by atoms with van der Waals surface area (Å²) in [6.07, 6.45) is 0. The summed E-state index contributed by atoms with van der Waals surface area (Å²) in [5.74, 6) is -3.17. The van der Waals surface area contributed by atoms with Gasteiger partial charge in [-0.1, -0.05) is 60.1 Å². The maximum atomic E-state index is 13.5. The number of carbonyl (C=O) groups excluding carboxylic acids is 3. The summed E-state index contributed by atoms with van der Waals surface area (Å²) in [6.45, 7) is 0. The normalized spacial score (nSPS) is 18.7. The molecule has 6 heteroatoms. The lowest BCUT2D eigenvalue weighted by molar-refractivity contribution is -0.135. The summed E-state index contributed by atoms with van der Waals surface area (Å²) in [5.41, 5.74) is 1.73. The maximum Gasteiger partial charge on any atom is 0.295 e. The van der Waals surface area contributed by atoms with E-state index in [2.05, 4.69) is 0 Å². The van der Waals surface area contributed by atoms with Gasteiger partial charge in [-0.25, -0.2) is 0 Å². The zero-order chi connectivity index (χ0) is 21.5. The van der Waals surface area contributed by atoms with Crippen molar-refractivity contribution in [2.24, 2.45) is 5.92 Å². The molecule has 0 aliphatic carbocycles. The van der Waals surface area contributed by atoms with Gasteiger partial charge < -0.3 is 4.42 Å². The topological polar surface area (TPSA) is 67.6 Å². The van der Waals surface area contributed by atoms with Crippen LogP contribution in [0.1, 0.15) is 22.2 Å². The molecule has 31 heavy (non-hydrogen) atoms. The van der Waals surface area contributed by atoms with Crippen LogP contribution < -0.4 is 4.90 Å². The van der Waals surface area contributed by atoms with Crippen LogP contribution in [-0.2, 0) is 9.59 Å². The number of ketones is 2. The summed E-state index contributed by atoms with van der Waals surface area (Å²) in [5, 5.41) is 1.27. The van der Waals surface area contributed by atoms with Crippen LogP contribution in [-0.4, -0.2) is 17.5 Å². The predicted octanol–water partition coefficient (Wildman–Crippen LogP) is 5.24. The van der Waals surface area contributed by atoms with Gasteiger partial charge in [0.05, 0.1) is 6.04 Å². The number of anilines is 1. The van der Waals surface area contributed by atoms with Gasteiger partial charge in [0.1, 0.15) is 11.5 Å². The minimum atomic E-state index is -1.23. The number of fused-ring (bicyclic) bond motifs is 1. The molecule has 152 valence electrons. The van der Waals surface area contributed by atoms with Gasteiger partial charge in [-0.15, -0.1) is 0 Å². The standard InChI is InChI=1S/C25H16ClNO4/c26-17-12-10-15(11-13-17)22-21(23(28)20-14-16-6-4-5-9-19(16)31-20)24(29)25(30)27(22)18-7-2-1-3-8-18/h1-14,21-22H. The molecule has 5 nitrogen and oxygen atoms in total. The van der Waals surface area contributed by atoms with Gasteiger partial charge in [0.15, 0.2) is 5.76 Å². The number of nitrogens with zero attached hydrogens (tertiary/aromatic N) is 1. The van der Waals surface area contributed by atoms with E-state index in [0.29, 0.717) is 21.9 Å². The fraction of sp³-hybridized carbons (Fsp3) is 0.0800. The minimum absolute atomic E-state index is 0.0567. The Morgan fingerprint density at radius 3 is 2.26 bits per heavy atom. The fourth-order valence-corrected chi connectivity index (χ4v) is 4.18. The predicted molar refractivity (Wildman–Crippen MR) is 117 cm³/mol. The molecule has 0 N–H and O–H groups in total. The van der Waals surface area contributed by atoms with Crippen molar-refractivity contribution >= 4 is 45.7 Å². The molecule has 1 saturated heterocycles. The Kier molecular flexibility index (Phi) is 4.68. The van der Waals surface area contributed by atoms with Crippen molar-refractivity contribution in [2.45, 2.75) is 6.04 Å². The second kappa shape index (κ2) is 7.52. The van der Waals surface area contributed by atoms with E-state index >= 15 is 0 Å². The van der Waals surface area contributed by atoms with Crippen molar-refractivity contribution in [3.63, 3.8) is 0 Å². The van der Waals surface area contributed by atoms with E-state index in [1.807, 2.05) is 18.2 Å². The van der Waals surface area contributed by atoms with E-state index in [-0.39, 0.29) is 5.76 Å². The SMILES string of the molecule is O=C1C(=O)N(c2ccccc2)C(c2ccc(Cl)cc2)C1C(=O)c1cc2ccccc2o1. The molecule has 1 aliphatic rings.